The molecule has 0 unspecified atom stereocenters. The number of halogens is 3. The van der Waals surface area contributed by atoms with Gasteiger partial charge in [0.25, 0.3) is 0 Å². The van der Waals surface area contributed by atoms with Crippen LogP contribution in [0.1, 0.15) is 207 Å². The molecule has 9 nitrogen and oxygen atoms in total. The number of hydrogen-bond acceptors (Lipinski definition) is 9. The average molecular weight is 2350 g/mol. The van der Waals surface area contributed by atoms with Crippen LogP contribution in [-0.2, 0) is 74.7 Å². The van der Waals surface area contributed by atoms with E-state index in [1.807, 2.05) is 204 Å². The Morgan fingerprint density at radius 3 is 1.12 bits per heavy atom. The molecule has 0 fully saturated rings. The zero-order valence-electron chi connectivity index (χ0n) is 82.1. The van der Waals surface area contributed by atoms with Crippen LogP contribution < -0.4 is 5.19 Å². The van der Waals surface area contributed by atoms with Crippen LogP contribution in [0.3, 0.4) is 0 Å². The van der Waals surface area contributed by atoms with Crippen molar-refractivity contribution in [2.45, 2.75) is 228 Å². The van der Waals surface area contributed by atoms with Crippen molar-refractivity contribution < 1.29 is 103 Å². The Morgan fingerprint density at radius 1 is 0.328 bits per heavy atom. The zero-order valence-corrected chi connectivity index (χ0v) is 90.3. The number of aryl methyl sites for hydroxylation is 1. The molecular formula is C118H133F3Ir3N3O6Si-3. The van der Waals surface area contributed by atoms with E-state index in [9.17, 15) is 42.9 Å². The number of aromatic nitrogens is 3. The third kappa shape index (κ3) is 25.1. The summed E-state index contributed by atoms with van der Waals surface area (Å²) in [6.45, 7) is 45.5. The fraction of sp³-hybridized carbons (Fsp3) is 0.339. The van der Waals surface area contributed by atoms with E-state index in [1.54, 1.807) is 24.4 Å². The van der Waals surface area contributed by atoms with Gasteiger partial charge in [-0.25, -0.2) is 13.2 Å². The number of aliphatic hydroxyl groups excluding tert-OH is 3. The molecular weight excluding hydrogens is 2220 g/mol. The predicted molar refractivity (Wildman–Crippen MR) is 550 cm³/mol. The first-order valence-corrected chi connectivity index (χ1v) is 50.4. The van der Waals surface area contributed by atoms with Crippen LogP contribution in [0.2, 0.25) is 19.6 Å². The first kappa shape index (κ1) is 111. The number of benzene rings is 12. The molecule has 15 aromatic rings. The predicted octanol–water partition coefficient (Wildman–Crippen LogP) is 33.2. The van der Waals surface area contributed by atoms with E-state index in [-0.39, 0.29) is 133 Å². The van der Waals surface area contributed by atoms with Gasteiger partial charge in [-0.05, 0) is 161 Å². The maximum absolute atomic E-state index is 14.2. The van der Waals surface area contributed by atoms with E-state index in [4.69, 9.17) is 4.98 Å². The third-order valence-corrected chi connectivity index (χ3v) is 31.1. The second kappa shape index (κ2) is 48.2. The molecule has 0 aliphatic carbocycles. The van der Waals surface area contributed by atoms with Gasteiger partial charge in [-0.1, -0.05) is 317 Å². The summed E-state index contributed by atoms with van der Waals surface area (Å²) in [5.41, 5.74) is 4.72. The van der Waals surface area contributed by atoms with Crippen LogP contribution >= 0.6 is 0 Å². The quantitative estimate of drug-likeness (QED) is 0.0167. The van der Waals surface area contributed by atoms with Gasteiger partial charge in [0.2, 0.25) is 0 Å². The molecule has 0 aliphatic rings. The Hall–Kier alpha value is -9.99. The monoisotopic (exact) mass is 2350 g/mol. The van der Waals surface area contributed by atoms with E-state index in [1.165, 1.54) is 78.6 Å². The van der Waals surface area contributed by atoms with Crippen LogP contribution in [0.15, 0.2) is 260 Å². The molecule has 3 N–H and O–H groups in total. The third-order valence-electron chi connectivity index (χ3n) is 29.0. The van der Waals surface area contributed by atoms with Crippen molar-refractivity contribution in [1.29, 1.82) is 0 Å². The Labute approximate surface area is 835 Å². The second-order valence-corrected chi connectivity index (χ2v) is 42.6. The maximum atomic E-state index is 14.2. The molecule has 0 spiro atoms. The number of aliphatic hydroxyl groups is 3. The SMILES string of the molecule is CCC(C)(CC)C(=O)C=C(O)C(C)(CC)CC.CCC(C)(CC)C(=O)C=C(O)C(C)(CC)CC.CCC(C)(CC)C(=O)C=C(O)C(C)(CC)CC.C[Si](C)(C)c1cccc2[c-]c(-c3nccc4c3ccc3ccccc34)ccc12.Cc1cc(-c2cc3c(ccc4c(F)cc(F)cc43)cn2)[c-]c2ccccc12.Fc1cccc2[c-]c(-c3nccc4c3ccc3ccccc34)ccc12.[Ir].[Ir].[Ir]. The van der Waals surface area contributed by atoms with Crippen LogP contribution in [0.5, 0.6) is 0 Å². The Kier molecular flexibility index (Phi) is 39.9. The molecule has 3 radical (unpaired) electrons. The number of pyridine rings is 3. The Bertz CT molecular complexity index is 6590. The van der Waals surface area contributed by atoms with Gasteiger partial charge in [0, 0.05) is 158 Å². The average Bonchev–Trinajstić information content (AvgIpc) is 0.767. The van der Waals surface area contributed by atoms with Gasteiger partial charge in [0.1, 0.15) is 28.9 Å². The molecule has 15 rings (SSSR count). The summed E-state index contributed by atoms with van der Waals surface area (Å²) in [6.07, 6.45) is 19.7. The van der Waals surface area contributed by atoms with Gasteiger partial charge in [-0.3, -0.25) is 29.3 Å². The van der Waals surface area contributed by atoms with Gasteiger partial charge in [0.15, 0.2) is 17.3 Å². The molecule has 0 amide bonds. The first-order chi connectivity index (χ1) is 62.3. The summed E-state index contributed by atoms with van der Waals surface area (Å²) in [7, 11) is -1.40. The minimum Gasteiger partial charge on any atom is -0.512 e. The van der Waals surface area contributed by atoms with Crippen molar-refractivity contribution in [3.8, 4) is 33.8 Å². The normalized spacial score (nSPS) is 12.3. The molecule has 16 heteroatoms. The number of fused-ring (bicyclic) bond motifs is 12. The Balaban J connectivity index is 0.000000222. The molecule has 0 bridgehead atoms. The summed E-state index contributed by atoms with van der Waals surface area (Å²) < 4.78 is 41.9. The summed E-state index contributed by atoms with van der Waals surface area (Å²) in [5, 5.41) is 50.1. The van der Waals surface area contributed by atoms with Crippen LogP contribution in [0.25, 0.3) is 131 Å². The van der Waals surface area contributed by atoms with Crippen molar-refractivity contribution in [2.24, 2.45) is 32.5 Å². The molecule has 0 aliphatic heterocycles. The summed E-state index contributed by atoms with van der Waals surface area (Å²) in [4.78, 5) is 50.4. The van der Waals surface area contributed by atoms with Crippen molar-refractivity contribution in [3.63, 3.8) is 0 Å². The van der Waals surface area contributed by atoms with Gasteiger partial charge in [0.05, 0.1) is 13.9 Å². The number of carbonyl (C=O) groups excluding carboxylic acids is 3. The smallest absolute Gasteiger partial charge is 0.164 e. The minimum absolute atomic E-state index is 0. The zero-order chi connectivity index (χ0) is 95.7. The number of hydrogen-bond donors (Lipinski definition) is 3. The topological polar surface area (TPSA) is 151 Å². The van der Waals surface area contributed by atoms with Gasteiger partial charge in [-0.2, -0.15) is 0 Å². The van der Waals surface area contributed by atoms with Crippen LogP contribution in [0, 0.1) is 75.1 Å². The van der Waals surface area contributed by atoms with Crippen molar-refractivity contribution >= 4 is 128 Å². The molecule has 12 aromatic carbocycles. The van der Waals surface area contributed by atoms with Gasteiger partial charge in [-0.15, -0.1) is 88.5 Å². The van der Waals surface area contributed by atoms with Crippen molar-refractivity contribution in [1.82, 2.24) is 15.0 Å². The molecule has 0 atom stereocenters. The molecule has 134 heavy (non-hydrogen) atoms. The molecule has 0 saturated heterocycles. The first-order valence-electron chi connectivity index (χ1n) is 46.9. The maximum Gasteiger partial charge on any atom is 0.164 e. The van der Waals surface area contributed by atoms with E-state index >= 15 is 0 Å². The minimum atomic E-state index is -1.40. The van der Waals surface area contributed by atoms with Crippen molar-refractivity contribution in [3.05, 3.63) is 302 Å². The van der Waals surface area contributed by atoms with Crippen molar-refractivity contribution in [2.75, 3.05) is 0 Å². The van der Waals surface area contributed by atoms with Crippen LogP contribution in [-0.4, -0.2) is 55.7 Å². The van der Waals surface area contributed by atoms with Crippen LogP contribution in [0.4, 0.5) is 13.2 Å². The van der Waals surface area contributed by atoms with E-state index in [2.05, 4.69) is 158 Å². The summed E-state index contributed by atoms with van der Waals surface area (Å²) in [6, 6.07) is 77.6. The van der Waals surface area contributed by atoms with Gasteiger partial charge < -0.3 is 15.3 Å². The molecule has 711 valence electrons. The Morgan fingerprint density at radius 2 is 0.687 bits per heavy atom. The largest absolute Gasteiger partial charge is 0.512 e. The molecule has 0 saturated carbocycles. The summed E-state index contributed by atoms with van der Waals surface area (Å²) in [5.74, 6) is -0.509. The van der Waals surface area contributed by atoms with E-state index in [0.717, 1.165) is 160 Å². The van der Waals surface area contributed by atoms with Gasteiger partial charge >= 0.3 is 0 Å². The molecule has 3 heterocycles. The number of carbonyl (C=O) groups is 3. The fourth-order valence-electron chi connectivity index (χ4n) is 16.3. The number of rotatable bonds is 25. The van der Waals surface area contributed by atoms with E-state index < -0.39 is 19.7 Å². The second-order valence-electron chi connectivity index (χ2n) is 37.6. The number of nitrogens with zero attached hydrogens (tertiary/aromatic N) is 3. The number of ketones is 3. The number of allylic oxidation sites excluding steroid dienone is 6. The summed E-state index contributed by atoms with van der Waals surface area (Å²) >= 11 is 0. The van der Waals surface area contributed by atoms with E-state index in [0.29, 0.717) is 16.2 Å². The standard InChI is InChI=1S/C26H22NSi.C24H14F2N.C23H13FN.3C15H28O2.3Ir/c1-28(2,3)25-10-6-8-19-17-20(12-13-22(19)25)26-24-14-11-18-7-4-5-9-21(18)23(24)15-16-27-26;1-14-8-17(9-15-4-2-3-5-19(14)15)24-12-21-16(13-27-24)6-7-20-22(21)10-18(25)11-23(20)26;24-22-7-3-5-16-14-17(9-10-19(16)22)23-21-11-8-15-4-1-2-6-18(15)20(21)12-13-25-23;3*1-7-14(5,8-2)12(16)11-13(17)15(6,9-3)10-4;;;/h4-16H,1-3H3;2-8,10-13H,1H3;1-13H;3*11,16H,7-10H2,1-6H3;;;/q3*-1;;;;;;. The fourth-order valence-corrected chi connectivity index (χ4v) is 18.0. The molecule has 3 aromatic heterocycles.